The summed E-state index contributed by atoms with van der Waals surface area (Å²) in [7, 11) is -3.64. The summed E-state index contributed by atoms with van der Waals surface area (Å²) in [5.74, 6) is 0.657. The third kappa shape index (κ3) is 6.01. The highest BCUT2D eigenvalue weighted by molar-refractivity contribution is 7.89. The zero-order chi connectivity index (χ0) is 23.3. The first-order valence-corrected chi connectivity index (χ1v) is 12.4. The number of amides is 1. The van der Waals surface area contributed by atoms with Crippen LogP contribution in [0.4, 0.5) is 5.69 Å². The van der Waals surface area contributed by atoms with Gasteiger partial charge in [0.2, 0.25) is 10.0 Å². The standard InChI is InChI=1S/C24H32N2O5S/c1-17(2)31-22-11-10-20(32(28,29)26-12-6-5-7-13-26)15-21(22)25-24(27)16-30-23-14-18(3)8-9-19(23)4/h8-11,14-15,17H,5-7,12-13,16H2,1-4H3,(H,25,27). The summed E-state index contributed by atoms with van der Waals surface area (Å²) in [6.07, 6.45) is 2.61. The number of aryl methyl sites for hydroxylation is 2. The lowest BCUT2D eigenvalue weighted by Crippen LogP contribution is -2.35. The number of anilines is 1. The Labute approximate surface area is 190 Å². The van der Waals surface area contributed by atoms with Gasteiger partial charge in [0, 0.05) is 13.1 Å². The molecule has 1 aliphatic rings. The van der Waals surface area contributed by atoms with Gasteiger partial charge in [-0.2, -0.15) is 4.31 Å². The van der Waals surface area contributed by atoms with Gasteiger partial charge in [-0.05, 0) is 75.9 Å². The van der Waals surface area contributed by atoms with Crippen molar-refractivity contribution in [3.63, 3.8) is 0 Å². The summed E-state index contributed by atoms with van der Waals surface area (Å²) in [6.45, 7) is 8.43. The zero-order valence-electron chi connectivity index (χ0n) is 19.2. The van der Waals surface area contributed by atoms with Crippen molar-refractivity contribution in [1.29, 1.82) is 0 Å². The van der Waals surface area contributed by atoms with E-state index >= 15 is 0 Å². The zero-order valence-corrected chi connectivity index (χ0v) is 20.0. The van der Waals surface area contributed by atoms with E-state index in [-0.39, 0.29) is 17.6 Å². The Hall–Kier alpha value is -2.58. The van der Waals surface area contributed by atoms with Crippen molar-refractivity contribution in [3.05, 3.63) is 47.5 Å². The Morgan fingerprint density at radius 3 is 2.44 bits per heavy atom. The number of ether oxygens (including phenoxy) is 2. The van der Waals surface area contributed by atoms with Crippen LogP contribution in [-0.4, -0.2) is 44.4 Å². The molecule has 0 aromatic heterocycles. The van der Waals surface area contributed by atoms with Crippen LogP contribution in [-0.2, 0) is 14.8 Å². The fraction of sp³-hybridized carbons (Fsp3) is 0.458. The van der Waals surface area contributed by atoms with E-state index in [0.29, 0.717) is 30.3 Å². The van der Waals surface area contributed by atoms with Crippen LogP contribution < -0.4 is 14.8 Å². The number of rotatable bonds is 8. The molecule has 8 heteroatoms. The van der Waals surface area contributed by atoms with E-state index in [4.69, 9.17) is 9.47 Å². The molecular formula is C24H32N2O5S. The molecule has 1 N–H and O–H groups in total. The van der Waals surface area contributed by atoms with Gasteiger partial charge in [-0.25, -0.2) is 8.42 Å². The Kier molecular flexibility index (Phi) is 7.79. The predicted octanol–water partition coefficient (Wildman–Crippen LogP) is 4.28. The van der Waals surface area contributed by atoms with Crippen LogP contribution in [0.3, 0.4) is 0 Å². The Morgan fingerprint density at radius 2 is 1.75 bits per heavy atom. The molecule has 1 fully saturated rings. The average Bonchev–Trinajstić information content (AvgIpc) is 2.75. The van der Waals surface area contributed by atoms with E-state index in [2.05, 4.69) is 5.32 Å². The molecule has 3 rings (SSSR count). The Bertz CT molecular complexity index is 1060. The first-order valence-electron chi connectivity index (χ1n) is 11.0. The normalized spacial score (nSPS) is 14.9. The lowest BCUT2D eigenvalue weighted by atomic mass is 10.1. The third-order valence-electron chi connectivity index (χ3n) is 5.24. The van der Waals surface area contributed by atoms with Gasteiger partial charge in [0.25, 0.3) is 5.91 Å². The molecule has 1 aliphatic heterocycles. The number of piperidine rings is 1. The molecule has 1 amide bonds. The van der Waals surface area contributed by atoms with Gasteiger partial charge in [-0.1, -0.05) is 18.6 Å². The number of nitrogens with one attached hydrogen (secondary N) is 1. The van der Waals surface area contributed by atoms with E-state index in [1.165, 1.54) is 16.4 Å². The Balaban J connectivity index is 1.80. The minimum absolute atomic E-state index is 0.138. The van der Waals surface area contributed by atoms with Crippen molar-refractivity contribution < 1.29 is 22.7 Å². The lowest BCUT2D eigenvalue weighted by Gasteiger charge is -2.26. The van der Waals surface area contributed by atoms with Crippen LogP contribution in [0.25, 0.3) is 0 Å². The lowest BCUT2D eigenvalue weighted by molar-refractivity contribution is -0.118. The monoisotopic (exact) mass is 460 g/mol. The molecule has 2 aromatic carbocycles. The molecule has 0 atom stereocenters. The quantitative estimate of drug-likeness (QED) is 0.635. The van der Waals surface area contributed by atoms with E-state index in [9.17, 15) is 13.2 Å². The molecule has 174 valence electrons. The number of nitrogens with zero attached hydrogens (tertiary/aromatic N) is 1. The fourth-order valence-corrected chi connectivity index (χ4v) is 5.11. The van der Waals surface area contributed by atoms with Crippen molar-refractivity contribution in [2.45, 2.75) is 58.0 Å². The summed E-state index contributed by atoms with van der Waals surface area (Å²) in [6, 6.07) is 10.4. The minimum atomic E-state index is -3.64. The van der Waals surface area contributed by atoms with Crippen LogP contribution in [0.1, 0.15) is 44.2 Å². The van der Waals surface area contributed by atoms with Gasteiger partial charge >= 0.3 is 0 Å². The molecule has 0 radical (unpaired) electrons. The highest BCUT2D eigenvalue weighted by Crippen LogP contribution is 2.31. The highest BCUT2D eigenvalue weighted by Gasteiger charge is 2.27. The van der Waals surface area contributed by atoms with Crippen molar-refractivity contribution in [2.24, 2.45) is 0 Å². The molecule has 0 saturated carbocycles. The van der Waals surface area contributed by atoms with Crippen LogP contribution in [0.5, 0.6) is 11.5 Å². The van der Waals surface area contributed by atoms with Crippen LogP contribution >= 0.6 is 0 Å². The first kappa shape index (κ1) is 24.1. The molecule has 0 unspecified atom stereocenters. The summed E-state index contributed by atoms with van der Waals surface area (Å²) >= 11 is 0. The molecular weight excluding hydrogens is 428 g/mol. The van der Waals surface area contributed by atoms with Gasteiger partial charge in [0.1, 0.15) is 11.5 Å². The molecule has 0 bridgehead atoms. The maximum absolute atomic E-state index is 13.1. The van der Waals surface area contributed by atoms with Crippen LogP contribution in [0.2, 0.25) is 0 Å². The van der Waals surface area contributed by atoms with Crippen molar-refractivity contribution in [3.8, 4) is 11.5 Å². The first-order chi connectivity index (χ1) is 15.2. The summed E-state index contributed by atoms with van der Waals surface area (Å²) in [4.78, 5) is 12.8. The van der Waals surface area contributed by atoms with Crippen molar-refractivity contribution in [2.75, 3.05) is 25.0 Å². The average molecular weight is 461 g/mol. The van der Waals surface area contributed by atoms with Gasteiger partial charge in [0.15, 0.2) is 6.61 Å². The molecule has 32 heavy (non-hydrogen) atoms. The minimum Gasteiger partial charge on any atom is -0.489 e. The maximum atomic E-state index is 13.1. The third-order valence-corrected chi connectivity index (χ3v) is 7.14. The topological polar surface area (TPSA) is 84.9 Å². The molecule has 0 spiro atoms. The van der Waals surface area contributed by atoms with Crippen molar-refractivity contribution >= 4 is 21.6 Å². The number of sulfonamides is 1. The van der Waals surface area contributed by atoms with Gasteiger partial charge in [-0.15, -0.1) is 0 Å². The molecule has 1 saturated heterocycles. The smallest absolute Gasteiger partial charge is 0.262 e. The SMILES string of the molecule is Cc1ccc(C)c(OCC(=O)Nc2cc(S(=O)(=O)N3CCCCC3)ccc2OC(C)C)c1. The van der Waals surface area contributed by atoms with E-state index in [0.717, 1.165) is 30.4 Å². The Morgan fingerprint density at radius 1 is 1.03 bits per heavy atom. The van der Waals surface area contributed by atoms with Gasteiger partial charge in [-0.3, -0.25) is 4.79 Å². The summed E-state index contributed by atoms with van der Waals surface area (Å²) in [5, 5.41) is 2.76. The highest BCUT2D eigenvalue weighted by atomic mass is 32.2. The molecule has 7 nitrogen and oxygen atoms in total. The summed E-state index contributed by atoms with van der Waals surface area (Å²) in [5.41, 5.74) is 2.28. The van der Waals surface area contributed by atoms with E-state index in [1.54, 1.807) is 6.07 Å². The molecule has 2 aromatic rings. The van der Waals surface area contributed by atoms with E-state index < -0.39 is 15.9 Å². The molecule has 0 aliphatic carbocycles. The van der Waals surface area contributed by atoms with Crippen LogP contribution in [0.15, 0.2) is 41.3 Å². The van der Waals surface area contributed by atoms with Gasteiger partial charge in [0.05, 0.1) is 16.7 Å². The van der Waals surface area contributed by atoms with Gasteiger partial charge < -0.3 is 14.8 Å². The number of hydrogen-bond donors (Lipinski definition) is 1. The number of benzene rings is 2. The summed E-state index contributed by atoms with van der Waals surface area (Å²) < 4.78 is 39.2. The number of carbonyl (C=O) groups excluding carboxylic acids is 1. The second-order valence-corrected chi connectivity index (χ2v) is 10.3. The maximum Gasteiger partial charge on any atom is 0.262 e. The second-order valence-electron chi connectivity index (χ2n) is 8.40. The van der Waals surface area contributed by atoms with Crippen molar-refractivity contribution in [1.82, 2.24) is 4.31 Å². The van der Waals surface area contributed by atoms with E-state index in [1.807, 2.05) is 45.9 Å². The fourth-order valence-electron chi connectivity index (χ4n) is 3.57. The largest absolute Gasteiger partial charge is 0.489 e. The predicted molar refractivity (Wildman–Crippen MR) is 125 cm³/mol. The van der Waals surface area contributed by atoms with Crippen LogP contribution in [0, 0.1) is 13.8 Å². The molecule has 1 heterocycles. The number of carbonyl (C=O) groups is 1. The second kappa shape index (κ2) is 10.4. The number of hydrogen-bond acceptors (Lipinski definition) is 5.